The lowest BCUT2D eigenvalue weighted by atomic mass is 10.0. The first-order valence-corrected chi connectivity index (χ1v) is 8.83. The van der Waals surface area contributed by atoms with Crippen LogP contribution in [0.1, 0.15) is 25.3 Å². The van der Waals surface area contributed by atoms with E-state index in [-0.39, 0.29) is 5.56 Å². The number of rotatable bonds is 4. The SMILES string of the molecule is CCCCc1ccc2ncc3c(=O)n(-c4ccc(Cl)cc4)[nH]c3c2c1. The number of fused-ring (bicyclic) bond motifs is 3. The number of nitrogens with zero attached hydrogens (tertiary/aromatic N) is 2. The number of benzene rings is 2. The number of aryl methyl sites for hydroxylation is 1. The lowest BCUT2D eigenvalue weighted by Crippen LogP contribution is -2.13. The minimum Gasteiger partial charge on any atom is -0.290 e. The molecule has 0 spiro atoms. The van der Waals surface area contributed by atoms with Crippen LogP contribution in [0.4, 0.5) is 0 Å². The van der Waals surface area contributed by atoms with Crippen molar-refractivity contribution in [1.29, 1.82) is 0 Å². The molecule has 0 aliphatic heterocycles. The Morgan fingerprint density at radius 1 is 1.12 bits per heavy atom. The van der Waals surface area contributed by atoms with Crippen molar-refractivity contribution in [2.24, 2.45) is 0 Å². The van der Waals surface area contributed by atoms with Gasteiger partial charge in [-0.15, -0.1) is 0 Å². The first-order valence-electron chi connectivity index (χ1n) is 8.45. The number of hydrogen-bond donors (Lipinski definition) is 1. The Kier molecular flexibility index (Phi) is 4.06. The second-order valence-corrected chi connectivity index (χ2v) is 6.67. The molecule has 5 heteroatoms. The Morgan fingerprint density at radius 2 is 1.92 bits per heavy atom. The Hall–Kier alpha value is -2.59. The van der Waals surface area contributed by atoms with Crippen molar-refractivity contribution in [2.45, 2.75) is 26.2 Å². The van der Waals surface area contributed by atoms with E-state index >= 15 is 0 Å². The van der Waals surface area contributed by atoms with Crippen LogP contribution in [0, 0.1) is 0 Å². The number of aromatic amines is 1. The van der Waals surface area contributed by atoms with Gasteiger partial charge in [-0.05, 0) is 54.8 Å². The van der Waals surface area contributed by atoms with Crippen LogP contribution in [-0.2, 0) is 6.42 Å². The number of hydrogen-bond acceptors (Lipinski definition) is 2. The third kappa shape index (κ3) is 2.83. The summed E-state index contributed by atoms with van der Waals surface area (Å²) in [5.74, 6) is 0. The average Bonchev–Trinajstić information content (AvgIpc) is 2.98. The first-order chi connectivity index (χ1) is 12.2. The van der Waals surface area contributed by atoms with Crippen molar-refractivity contribution < 1.29 is 0 Å². The number of unbranched alkanes of at least 4 members (excludes halogenated alkanes) is 1. The highest BCUT2D eigenvalue weighted by atomic mass is 35.5. The Labute approximate surface area is 150 Å². The summed E-state index contributed by atoms with van der Waals surface area (Å²) in [6.45, 7) is 2.19. The van der Waals surface area contributed by atoms with Gasteiger partial charge in [0.05, 0.1) is 22.1 Å². The van der Waals surface area contributed by atoms with Gasteiger partial charge in [0.15, 0.2) is 0 Å². The Morgan fingerprint density at radius 3 is 2.68 bits per heavy atom. The second kappa shape index (κ2) is 6.37. The minimum absolute atomic E-state index is 0.106. The number of aromatic nitrogens is 3. The van der Waals surface area contributed by atoms with Gasteiger partial charge in [-0.3, -0.25) is 14.9 Å². The molecule has 126 valence electrons. The topological polar surface area (TPSA) is 50.7 Å². The molecule has 4 nitrogen and oxygen atoms in total. The van der Waals surface area contributed by atoms with Crippen molar-refractivity contribution in [2.75, 3.05) is 0 Å². The van der Waals surface area contributed by atoms with Crippen molar-refractivity contribution in [3.63, 3.8) is 0 Å². The predicted molar refractivity (Wildman–Crippen MR) is 103 cm³/mol. The zero-order valence-corrected chi connectivity index (χ0v) is 14.7. The van der Waals surface area contributed by atoms with Crippen LogP contribution in [0.25, 0.3) is 27.5 Å². The highest BCUT2D eigenvalue weighted by Gasteiger charge is 2.12. The van der Waals surface area contributed by atoms with Gasteiger partial charge >= 0.3 is 0 Å². The van der Waals surface area contributed by atoms with E-state index in [1.165, 1.54) is 5.56 Å². The predicted octanol–water partition coefficient (Wildman–Crippen LogP) is 4.86. The van der Waals surface area contributed by atoms with E-state index in [4.69, 9.17) is 11.6 Å². The summed E-state index contributed by atoms with van der Waals surface area (Å²) in [6.07, 6.45) is 4.99. The highest BCUT2D eigenvalue weighted by Crippen LogP contribution is 2.23. The molecule has 4 aromatic rings. The molecule has 2 aromatic heterocycles. The maximum atomic E-state index is 12.8. The van der Waals surface area contributed by atoms with Crippen LogP contribution in [-0.4, -0.2) is 14.8 Å². The number of H-pyrrole nitrogens is 1. The fourth-order valence-electron chi connectivity index (χ4n) is 3.11. The minimum atomic E-state index is -0.106. The van der Waals surface area contributed by atoms with E-state index in [1.807, 2.05) is 18.2 Å². The van der Waals surface area contributed by atoms with Gasteiger partial charge < -0.3 is 0 Å². The third-order valence-electron chi connectivity index (χ3n) is 4.49. The molecule has 0 amide bonds. The largest absolute Gasteiger partial charge is 0.290 e. The number of nitrogens with one attached hydrogen (secondary N) is 1. The fourth-order valence-corrected chi connectivity index (χ4v) is 3.24. The highest BCUT2D eigenvalue weighted by molar-refractivity contribution is 6.30. The summed E-state index contributed by atoms with van der Waals surface area (Å²) in [7, 11) is 0. The van der Waals surface area contributed by atoms with E-state index in [0.717, 1.165) is 41.4 Å². The van der Waals surface area contributed by atoms with E-state index in [9.17, 15) is 4.79 Å². The van der Waals surface area contributed by atoms with Crippen molar-refractivity contribution >= 4 is 33.4 Å². The van der Waals surface area contributed by atoms with E-state index in [1.54, 1.807) is 23.0 Å². The van der Waals surface area contributed by atoms with E-state index < -0.39 is 0 Å². The van der Waals surface area contributed by atoms with Crippen LogP contribution in [0.2, 0.25) is 5.02 Å². The molecule has 0 atom stereocenters. The summed E-state index contributed by atoms with van der Waals surface area (Å²) in [5, 5.41) is 5.46. The standard InChI is InChI=1S/C20H18ClN3O/c1-2-3-4-13-5-10-18-16(11-13)19-17(12-22-18)20(25)24(23-19)15-8-6-14(21)7-9-15/h5-12,23H,2-4H2,1H3. The third-order valence-corrected chi connectivity index (χ3v) is 4.75. The summed E-state index contributed by atoms with van der Waals surface area (Å²) >= 11 is 5.95. The molecule has 4 rings (SSSR count). The summed E-state index contributed by atoms with van der Waals surface area (Å²) in [6, 6.07) is 13.5. The van der Waals surface area contributed by atoms with Crippen LogP contribution in [0.15, 0.2) is 53.5 Å². The van der Waals surface area contributed by atoms with Crippen LogP contribution in [0.5, 0.6) is 0 Å². The Balaban J connectivity index is 1.93. The van der Waals surface area contributed by atoms with Crippen molar-refractivity contribution in [1.82, 2.24) is 14.8 Å². The number of pyridine rings is 1. The molecule has 0 fully saturated rings. The molecule has 0 aliphatic carbocycles. The lowest BCUT2D eigenvalue weighted by Gasteiger charge is -2.04. The second-order valence-electron chi connectivity index (χ2n) is 6.23. The quantitative estimate of drug-likeness (QED) is 0.570. The van der Waals surface area contributed by atoms with Gasteiger partial charge in [0.2, 0.25) is 0 Å². The Bertz CT molecular complexity index is 1110. The monoisotopic (exact) mass is 351 g/mol. The summed E-state index contributed by atoms with van der Waals surface area (Å²) in [4.78, 5) is 17.2. The smallest absolute Gasteiger partial charge is 0.280 e. The summed E-state index contributed by atoms with van der Waals surface area (Å²) < 4.78 is 1.54. The average molecular weight is 352 g/mol. The summed E-state index contributed by atoms with van der Waals surface area (Å²) in [5.41, 5.74) is 3.62. The molecule has 1 N–H and O–H groups in total. The van der Waals surface area contributed by atoms with Gasteiger partial charge in [-0.25, -0.2) is 4.68 Å². The van der Waals surface area contributed by atoms with Gasteiger partial charge in [0.1, 0.15) is 0 Å². The molecule has 2 heterocycles. The molecule has 25 heavy (non-hydrogen) atoms. The first kappa shape index (κ1) is 15.9. The van der Waals surface area contributed by atoms with Gasteiger partial charge in [-0.2, -0.15) is 0 Å². The molecule has 0 radical (unpaired) electrons. The fraction of sp³-hybridized carbons (Fsp3) is 0.200. The zero-order chi connectivity index (χ0) is 17.4. The van der Waals surface area contributed by atoms with E-state index in [0.29, 0.717) is 10.4 Å². The molecule has 0 bridgehead atoms. The normalized spacial score (nSPS) is 11.4. The van der Waals surface area contributed by atoms with Gasteiger partial charge in [-0.1, -0.05) is 31.0 Å². The van der Waals surface area contributed by atoms with Gasteiger partial charge in [0, 0.05) is 16.6 Å². The molecule has 0 saturated carbocycles. The molecule has 0 aliphatic rings. The van der Waals surface area contributed by atoms with E-state index in [2.05, 4.69) is 29.1 Å². The maximum Gasteiger partial charge on any atom is 0.280 e. The van der Waals surface area contributed by atoms with Crippen LogP contribution in [0.3, 0.4) is 0 Å². The van der Waals surface area contributed by atoms with Crippen LogP contribution >= 0.6 is 11.6 Å². The molecular formula is C20H18ClN3O. The molecule has 0 unspecified atom stereocenters. The lowest BCUT2D eigenvalue weighted by molar-refractivity contribution is 0.796. The van der Waals surface area contributed by atoms with Crippen molar-refractivity contribution in [3.05, 3.63) is 69.6 Å². The molecule has 0 saturated heterocycles. The zero-order valence-electron chi connectivity index (χ0n) is 13.9. The van der Waals surface area contributed by atoms with Crippen LogP contribution < -0.4 is 5.56 Å². The molecule has 2 aromatic carbocycles. The molecular weight excluding hydrogens is 334 g/mol. The maximum absolute atomic E-state index is 12.8. The number of halogens is 1. The van der Waals surface area contributed by atoms with Gasteiger partial charge in [0.25, 0.3) is 5.56 Å². The van der Waals surface area contributed by atoms with Crippen molar-refractivity contribution in [3.8, 4) is 5.69 Å².